The minimum absolute atomic E-state index is 0.0764. The number of aliphatic hydroxyl groups is 1. The molecule has 1 aliphatic rings. The van der Waals surface area contributed by atoms with Crippen LogP contribution in [0.15, 0.2) is 30.3 Å². The summed E-state index contributed by atoms with van der Waals surface area (Å²) in [6, 6.07) is 10.3. The molecule has 88 valence electrons. The van der Waals surface area contributed by atoms with Crippen molar-refractivity contribution in [2.45, 2.75) is 32.3 Å². The number of benzene rings is 1. The van der Waals surface area contributed by atoms with Crippen LogP contribution in [0, 0.1) is 0 Å². The second-order valence-electron chi connectivity index (χ2n) is 4.76. The molecule has 0 bridgehead atoms. The van der Waals surface area contributed by atoms with Crippen molar-refractivity contribution in [2.24, 2.45) is 0 Å². The molecule has 0 saturated carbocycles. The van der Waals surface area contributed by atoms with Gasteiger partial charge in [0.2, 0.25) is 0 Å². The molecular formula is C13H19NO2. The summed E-state index contributed by atoms with van der Waals surface area (Å²) in [5.41, 5.74) is 1.27. The van der Waals surface area contributed by atoms with Gasteiger partial charge in [-0.3, -0.25) is 4.90 Å². The molecule has 1 fully saturated rings. The Balaban J connectivity index is 2.00. The van der Waals surface area contributed by atoms with Gasteiger partial charge in [-0.15, -0.1) is 0 Å². The largest absolute Gasteiger partial charge is 0.365 e. The van der Waals surface area contributed by atoms with E-state index in [9.17, 15) is 5.11 Å². The highest BCUT2D eigenvalue weighted by Gasteiger charge is 2.32. The van der Waals surface area contributed by atoms with E-state index in [-0.39, 0.29) is 6.10 Å². The topological polar surface area (TPSA) is 32.7 Å². The second-order valence-corrected chi connectivity index (χ2v) is 4.76. The zero-order valence-corrected chi connectivity index (χ0v) is 9.89. The molecule has 0 amide bonds. The molecule has 1 saturated heterocycles. The number of nitrogens with zero attached hydrogens (tertiary/aromatic N) is 1. The van der Waals surface area contributed by atoms with Crippen molar-refractivity contribution in [1.82, 2.24) is 4.90 Å². The first-order valence-electron chi connectivity index (χ1n) is 5.72. The van der Waals surface area contributed by atoms with Gasteiger partial charge in [-0.05, 0) is 19.4 Å². The molecule has 1 aromatic rings. The van der Waals surface area contributed by atoms with Gasteiger partial charge >= 0.3 is 0 Å². The van der Waals surface area contributed by atoms with Gasteiger partial charge in [0, 0.05) is 13.1 Å². The first-order chi connectivity index (χ1) is 7.55. The van der Waals surface area contributed by atoms with Crippen molar-refractivity contribution >= 4 is 0 Å². The predicted octanol–water partition coefficient (Wildman–Crippen LogP) is 1.62. The summed E-state index contributed by atoms with van der Waals surface area (Å²) >= 11 is 0. The Morgan fingerprint density at radius 1 is 1.44 bits per heavy atom. The number of ether oxygens (including phenoxy) is 1. The first kappa shape index (κ1) is 11.6. The molecule has 2 rings (SSSR count). The van der Waals surface area contributed by atoms with Crippen LogP contribution in [0.3, 0.4) is 0 Å². The molecule has 2 atom stereocenters. The van der Waals surface area contributed by atoms with Crippen molar-refractivity contribution in [3.05, 3.63) is 35.9 Å². The van der Waals surface area contributed by atoms with Crippen LogP contribution in [0.25, 0.3) is 0 Å². The lowest BCUT2D eigenvalue weighted by molar-refractivity contribution is -0.253. The summed E-state index contributed by atoms with van der Waals surface area (Å²) in [7, 11) is 0. The van der Waals surface area contributed by atoms with E-state index in [1.165, 1.54) is 5.56 Å². The normalized spacial score (nSPS) is 31.6. The Morgan fingerprint density at radius 3 is 2.75 bits per heavy atom. The van der Waals surface area contributed by atoms with Gasteiger partial charge in [0.25, 0.3) is 0 Å². The van der Waals surface area contributed by atoms with E-state index in [0.717, 1.165) is 13.1 Å². The van der Waals surface area contributed by atoms with Crippen LogP contribution in [0.2, 0.25) is 0 Å². The van der Waals surface area contributed by atoms with Crippen molar-refractivity contribution in [3.63, 3.8) is 0 Å². The number of hydrogen-bond acceptors (Lipinski definition) is 3. The third-order valence-corrected chi connectivity index (χ3v) is 2.74. The molecule has 0 spiro atoms. The summed E-state index contributed by atoms with van der Waals surface area (Å²) in [6.45, 7) is 6.01. The average molecular weight is 221 g/mol. The Bertz CT molecular complexity index is 337. The molecule has 1 N–H and O–H groups in total. The maximum Gasteiger partial charge on any atom is 0.175 e. The van der Waals surface area contributed by atoms with E-state index in [1.54, 1.807) is 6.92 Å². The number of hydrogen-bond donors (Lipinski definition) is 1. The van der Waals surface area contributed by atoms with Gasteiger partial charge in [0.1, 0.15) is 0 Å². The molecule has 0 aliphatic carbocycles. The third-order valence-electron chi connectivity index (χ3n) is 2.74. The smallest absolute Gasteiger partial charge is 0.175 e. The fourth-order valence-corrected chi connectivity index (χ4v) is 2.31. The molecule has 3 heteroatoms. The molecule has 0 unspecified atom stereocenters. The number of β-amino-alcohol motifs (C(OH)–C–C–N with tert-alkyl or cyclic N) is 1. The molecule has 3 nitrogen and oxygen atoms in total. The minimum atomic E-state index is -1.02. The Kier molecular flexibility index (Phi) is 3.28. The molecule has 1 aromatic carbocycles. The van der Waals surface area contributed by atoms with E-state index >= 15 is 0 Å². The molecular weight excluding hydrogens is 202 g/mol. The lowest BCUT2D eigenvalue weighted by Crippen LogP contribution is -2.52. The third kappa shape index (κ3) is 3.04. The van der Waals surface area contributed by atoms with Gasteiger partial charge < -0.3 is 9.84 Å². The summed E-state index contributed by atoms with van der Waals surface area (Å²) in [5, 5.41) is 9.93. The molecule has 0 radical (unpaired) electrons. The van der Waals surface area contributed by atoms with Crippen LogP contribution < -0.4 is 0 Å². The van der Waals surface area contributed by atoms with Crippen molar-refractivity contribution in [1.29, 1.82) is 0 Å². The van der Waals surface area contributed by atoms with Gasteiger partial charge in [-0.25, -0.2) is 0 Å². The van der Waals surface area contributed by atoms with E-state index in [4.69, 9.17) is 4.74 Å². The highest BCUT2D eigenvalue weighted by atomic mass is 16.6. The minimum Gasteiger partial charge on any atom is -0.365 e. The standard InChI is InChI=1S/C13H19NO2/c1-11-8-14(10-13(2,15)16-11)9-12-6-4-3-5-7-12/h3-7,11,15H,8-10H2,1-2H3/t11-,13+/m0/s1. The van der Waals surface area contributed by atoms with Crippen LogP contribution in [-0.4, -0.2) is 35.0 Å². The monoisotopic (exact) mass is 221 g/mol. The van der Waals surface area contributed by atoms with Crippen molar-refractivity contribution in [2.75, 3.05) is 13.1 Å². The Labute approximate surface area is 96.6 Å². The molecule has 0 aromatic heterocycles. The summed E-state index contributed by atoms with van der Waals surface area (Å²) < 4.78 is 5.46. The highest BCUT2D eigenvalue weighted by molar-refractivity contribution is 5.14. The zero-order valence-electron chi connectivity index (χ0n) is 9.89. The lowest BCUT2D eigenvalue weighted by atomic mass is 10.1. The van der Waals surface area contributed by atoms with Crippen molar-refractivity contribution in [3.8, 4) is 0 Å². The van der Waals surface area contributed by atoms with Gasteiger partial charge in [-0.1, -0.05) is 30.3 Å². The predicted molar refractivity (Wildman–Crippen MR) is 62.9 cm³/mol. The zero-order chi connectivity index (χ0) is 11.6. The Hall–Kier alpha value is -0.900. The summed E-state index contributed by atoms with van der Waals surface area (Å²) in [4.78, 5) is 2.23. The van der Waals surface area contributed by atoms with E-state index in [0.29, 0.717) is 6.54 Å². The summed E-state index contributed by atoms with van der Waals surface area (Å²) in [5.74, 6) is -1.02. The Morgan fingerprint density at radius 2 is 2.12 bits per heavy atom. The van der Waals surface area contributed by atoms with Gasteiger partial charge in [-0.2, -0.15) is 0 Å². The van der Waals surface area contributed by atoms with Crippen molar-refractivity contribution < 1.29 is 9.84 Å². The summed E-state index contributed by atoms with van der Waals surface area (Å²) in [6.07, 6.45) is 0.0764. The SMILES string of the molecule is C[C@H]1CN(Cc2ccccc2)C[C@](C)(O)O1. The van der Waals surface area contributed by atoms with Crippen LogP contribution in [0.5, 0.6) is 0 Å². The maximum absolute atomic E-state index is 9.93. The van der Waals surface area contributed by atoms with E-state index < -0.39 is 5.79 Å². The highest BCUT2D eigenvalue weighted by Crippen LogP contribution is 2.20. The average Bonchev–Trinajstić information content (AvgIpc) is 2.15. The second kappa shape index (κ2) is 4.53. The quantitative estimate of drug-likeness (QED) is 0.823. The van der Waals surface area contributed by atoms with Gasteiger partial charge in [0.15, 0.2) is 5.79 Å². The van der Waals surface area contributed by atoms with Crippen LogP contribution >= 0.6 is 0 Å². The van der Waals surface area contributed by atoms with Crippen LogP contribution in [0.4, 0.5) is 0 Å². The maximum atomic E-state index is 9.93. The van der Waals surface area contributed by atoms with Crippen LogP contribution in [-0.2, 0) is 11.3 Å². The van der Waals surface area contributed by atoms with Crippen LogP contribution in [0.1, 0.15) is 19.4 Å². The van der Waals surface area contributed by atoms with E-state index in [1.807, 2.05) is 25.1 Å². The number of rotatable bonds is 2. The van der Waals surface area contributed by atoms with E-state index in [2.05, 4.69) is 17.0 Å². The molecule has 1 heterocycles. The lowest BCUT2D eigenvalue weighted by Gasteiger charge is -2.40. The molecule has 16 heavy (non-hydrogen) atoms. The number of morpholine rings is 1. The first-order valence-corrected chi connectivity index (χ1v) is 5.72. The fraction of sp³-hybridized carbons (Fsp3) is 0.538. The van der Waals surface area contributed by atoms with Gasteiger partial charge in [0.05, 0.1) is 12.6 Å². The molecule has 1 aliphatic heterocycles. The fourth-order valence-electron chi connectivity index (χ4n) is 2.31.